The molecule has 1 aromatic heterocycles. The molecule has 3 N–H and O–H groups in total. The Kier molecular flexibility index (Phi) is 8.46. The lowest BCUT2D eigenvalue weighted by atomic mass is 9.99. The molecule has 22 heavy (non-hydrogen) atoms. The van der Waals surface area contributed by atoms with Crippen molar-refractivity contribution in [1.29, 1.82) is 5.26 Å². The van der Waals surface area contributed by atoms with E-state index >= 15 is 0 Å². The largest absolute Gasteiger partial charge is 0.355 e. The van der Waals surface area contributed by atoms with E-state index in [-0.39, 0.29) is 35.5 Å². The number of aromatic amines is 1. The number of pyridine rings is 1. The summed E-state index contributed by atoms with van der Waals surface area (Å²) in [5.41, 5.74) is 1.99. The molecule has 0 saturated heterocycles. The van der Waals surface area contributed by atoms with Gasteiger partial charge in [-0.25, -0.2) is 0 Å². The topological polar surface area (TPSA) is 97.8 Å². The SMILES string of the molecule is CNC(C)CNC(=O)CCc1c(C)[nH]c(=O)c(C#N)c1C.Cl. The van der Waals surface area contributed by atoms with Crippen molar-refractivity contribution in [2.24, 2.45) is 0 Å². The predicted molar refractivity (Wildman–Crippen MR) is 88.4 cm³/mol. The first-order valence-corrected chi connectivity index (χ1v) is 6.97. The number of aromatic nitrogens is 1. The maximum atomic E-state index is 11.8. The number of halogens is 1. The summed E-state index contributed by atoms with van der Waals surface area (Å²) in [6.07, 6.45) is 0.831. The zero-order valence-electron chi connectivity index (χ0n) is 13.4. The molecule has 1 atom stereocenters. The van der Waals surface area contributed by atoms with Crippen LogP contribution in [0.5, 0.6) is 0 Å². The van der Waals surface area contributed by atoms with Gasteiger partial charge in [0.05, 0.1) is 0 Å². The smallest absolute Gasteiger partial charge is 0.266 e. The maximum absolute atomic E-state index is 11.8. The van der Waals surface area contributed by atoms with Crippen molar-refractivity contribution >= 4 is 18.3 Å². The molecule has 0 aliphatic carbocycles. The van der Waals surface area contributed by atoms with Gasteiger partial charge < -0.3 is 15.6 Å². The molecule has 0 saturated carbocycles. The molecule has 0 radical (unpaired) electrons. The van der Waals surface area contributed by atoms with Crippen molar-refractivity contribution < 1.29 is 4.79 Å². The highest BCUT2D eigenvalue weighted by Gasteiger charge is 2.13. The second-order valence-electron chi connectivity index (χ2n) is 5.16. The molecule has 0 aliphatic rings. The van der Waals surface area contributed by atoms with E-state index in [0.717, 1.165) is 5.56 Å². The highest BCUT2D eigenvalue weighted by Crippen LogP contribution is 2.14. The number of carbonyl (C=O) groups excluding carboxylic acids is 1. The van der Waals surface area contributed by atoms with Gasteiger partial charge in [0, 0.05) is 24.7 Å². The maximum Gasteiger partial charge on any atom is 0.266 e. The van der Waals surface area contributed by atoms with E-state index in [2.05, 4.69) is 15.6 Å². The Morgan fingerprint density at radius 1 is 1.41 bits per heavy atom. The number of likely N-dealkylation sites (N-methyl/N-ethyl adjacent to an activating group) is 1. The molecule has 1 heterocycles. The molecular formula is C15H23ClN4O2. The number of nitrogens with zero attached hydrogens (tertiary/aromatic N) is 1. The van der Waals surface area contributed by atoms with Crippen LogP contribution in [-0.2, 0) is 11.2 Å². The van der Waals surface area contributed by atoms with Gasteiger partial charge in [-0.05, 0) is 45.4 Å². The second kappa shape index (κ2) is 9.23. The quantitative estimate of drug-likeness (QED) is 0.724. The van der Waals surface area contributed by atoms with Gasteiger partial charge in [0.25, 0.3) is 5.56 Å². The number of nitrogens with one attached hydrogen (secondary N) is 3. The summed E-state index contributed by atoms with van der Waals surface area (Å²) in [5.74, 6) is -0.0411. The van der Waals surface area contributed by atoms with E-state index in [9.17, 15) is 9.59 Å². The summed E-state index contributed by atoms with van der Waals surface area (Å²) >= 11 is 0. The van der Waals surface area contributed by atoms with Crippen molar-refractivity contribution in [3.8, 4) is 6.07 Å². The van der Waals surface area contributed by atoms with Crippen LogP contribution < -0.4 is 16.2 Å². The van der Waals surface area contributed by atoms with Crippen LogP contribution in [0.25, 0.3) is 0 Å². The fourth-order valence-corrected chi connectivity index (χ4v) is 2.12. The molecule has 1 amide bonds. The average Bonchev–Trinajstić information content (AvgIpc) is 2.44. The fourth-order valence-electron chi connectivity index (χ4n) is 2.12. The summed E-state index contributed by atoms with van der Waals surface area (Å²) in [4.78, 5) is 26.1. The lowest BCUT2D eigenvalue weighted by Gasteiger charge is -2.13. The standard InChI is InChI=1S/C15H22N4O2.ClH/c1-9(17-4)8-18-14(20)6-5-12-10(2)13(7-16)15(21)19-11(12)3;/h9,17H,5-6,8H2,1-4H3,(H,18,20)(H,19,21);1H. The molecule has 0 aromatic carbocycles. The summed E-state index contributed by atoms with van der Waals surface area (Å²) in [6.45, 7) is 6.08. The van der Waals surface area contributed by atoms with Gasteiger partial charge in [0.1, 0.15) is 11.6 Å². The van der Waals surface area contributed by atoms with Crippen LogP contribution in [0.15, 0.2) is 4.79 Å². The molecule has 0 aliphatic heterocycles. The van der Waals surface area contributed by atoms with Crippen molar-refractivity contribution in [3.63, 3.8) is 0 Å². The van der Waals surface area contributed by atoms with Crippen LogP contribution in [0.1, 0.15) is 35.7 Å². The number of aryl methyl sites for hydroxylation is 1. The fraction of sp³-hybridized carbons (Fsp3) is 0.533. The van der Waals surface area contributed by atoms with Crippen molar-refractivity contribution in [2.75, 3.05) is 13.6 Å². The average molecular weight is 327 g/mol. The molecule has 1 unspecified atom stereocenters. The van der Waals surface area contributed by atoms with Gasteiger partial charge in [-0.1, -0.05) is 0 Å². The summed E-state index contributed by atoms with van der Waals surface area (Å²) in [6, 6.07) is 2.13. The molecular weight excluding hydrogens is 304 g/mol. The molecule has 1 aromatic rings. The Labute approximate surface area is 136 Å². The Bertz CT molecular complexity index is 619. The van der Waals surface area contributed by atoms with Gasteiger partial charge in [0.15, 0.2) is 0 Å². The molecule has 0 fully saturated rings. The summed E-state index contributed by atoms with van der Waals surface area (Å²) in [7, 11) is 1.84. The number of carbonyl (C=O) groups is 1. The van der Waals surface area contributed by atoms with E-state index in [4.69, 9.17) is 5.26 Å². The highest BCUT2D eigenvalue weighted by molar-refractivity contribution is 5.85. The molecule has 0 spiro atoms. The van der Waals surface area contributed by atoms with Crippen molar-refractivity contribution in [3.05, 3.63) is 32.7 Å². The monoisotopic (exact) mass is 326 g/mol. The lowest BCUT2D eigenvalue weighted by Crippen LogP contribution is -2.37. The van der Waals surface area contributed by atoms with E-state index in [0.29, 0.717) is 30.6 Å². The second-order valence-corrected chi connectivity index (χ2v) is 5.16. The number of hydrogen-bond acceptors (Lipinski definition) is 4. The molecule has 0 bridgehead atoms. The number of rotatable bonds is 6. The minimum atomic E-state index is -0.372. The highest BCUT2D eigenvalue weighted by atomic mass is 35.5. The first kappa shape index (κ1) is 20.2. The van der Waals surface area contributed by atoms with E-state index in [1.807, 2.05) is 20.0 Å². The Morgan fingerprint density at radius 3 is 2.59 bits per heavy atom. The van der Waals surface area contributed by atoms with E-state index < -0.39 is 0 Å². The predicted octanol–water partition coefficient (Wildman–Crippen LogP) is 0.942. The first-order chi connectivity index (χ1) is 9.90. The van der Waals surface area contributed by atoms with E-state index in [1.165, 1.54) is 0 Å². The molecule has 1 rings (SSSR count). The lowest BCUT2D eigenvalue weighted by molar-refractivity contribution is -0.121. The minimum Gasteiger partial charge on any atom is -0.355 e. The third-order valence-corrected chi connectivity index (χ3v) is 3.62. The molecule has 7 heteroatoms. The summed E-state index contributed by atoms with van der Waals surface area (Å²) in [5, 5.41) is 14.9. The van der Waals surface area contributed by atoms with Gasteiger partial charge in [-0.3, -0.25) is 9.59 Å². The number of nitriles is 1. The van der Waals surface area contributed by atoms with Crippen molar-refractivity contribution in [2.45, 2.75) is 39.7 Å². The zero-order chi connectivity index (χ0) is 16.0. The minimum absolute atomic E-state index is 0. The molecule has 122 valence electrons. The van der Waals surface area contributed by atoms with Crippen LogP contribution in [0, 0.1) is 25.2 Å². The first-order valence-electron chi connectivity index (χ1n) is 6.97. The van der Waals surface area contributed by atoms with Gasteiger partial charge in [0.2, 0.25) is 5.91 Å². The summed E-state index contributed by atoms with van der Waals surface area (Å²) < 4.78 is 0. The van der Waals surface area contributed by atoms with Crippen LogP contribution >= 0.6 is 12.4 Å². The zero-order valence-corrected chi connectivity index (χ0v) is 14.2. The van der Waals surface area contributed by atoms with Gasteiger partial charge in [-0.15, -0.1) is 12.4 Å². The Balaban J connectivity index is 0.00000441. The normalized spacial score (nSPS) is 11.2. The van der Waals surface area contributed by atoms with E-state index in [1.54, 1.807) is 13.8 Å². The van der Waals surface area contributed by atoms with Gasteiger partial charge in [-0.2, -0.15) is 5.26 Å². The third-order valence-electron chi connectivity index (χ3n) is 3.62. The van der Waals surface area contributed by atoms with Gasteiger partial charge >= 0.3 is 0 Å². The third kappa shape index (κ3) is 5.17. The van der Waals surface area contributed by atoms with Crippen molar-refractivity contribution in [1.82, 2.24) is 15.6 Å². The van der Waals surface area contributed by atoms with Crippen LogP contribution in [0.2, 0.25) is 0 Å². The van der Waals surface area contributed by atoms with Crippen LogP contribution in [0.3, 0.4) is 0 Å². The Hall–Kier alpha value is -1.84. The van der Waals surface area contributed by atoms with Crippen LogP contribution in [-0.4, -0.2) is 30.5 Å². The molecule has 6 nitrogen and oxygen atoms in total. The Morgan fingerprint density at radius 2 is 2.05 bits per heavy atom. The van der Waals surface area contributed by atoms with Crippen LogP contribution in [0.4, 0.5) is 0 Å². The number of hydrogen-bond donors (Lipinski definition) is 3. The number of H-pyrrole nitrogens is 1. The number of amides is 1.